The van der Waals surface area contributed by atoms with Gasteiger partial charge in [0.15, 0.2) is 0 Å². The first-order valence-electron chi connectivity index (χ1n) is 9.66. The first kappa shape index (κ1) is 19.2. The lowest BCUT2D eigenvalue weighted by Gasteiger charge is -2.07. The number of carboxylic acid groups (broad SMARTS) is 1. The van der Waals surface area contributed by atoms with Crippen LogP contribution in [-0.4, -0.2) is 25.6 Å². The van der Waals surface area contributed by atoms with Gasteiger partial charge in [-0.3, -0.25) is 0 Å². The Morgan fingerprint density at radius 1 is 1.13 bits per heavy atom. The van der Waals surface area contributed by atoms with E-state index >= 15 is 0 Å². The minimum atomic E-state index is -1.00. The first-order valence-corrected chi connectivity index (χ1v) is 10.0. The SMILES string of the molecule is Cc1ccc(Oc2nc3cc(-c4cccc5c4ccn5C)c(Cl)cc3[nH]2)cc1C(=O)O. The summed E-state index contributed by atoms with van der Waals surface area (Å²) in [5.41, 5.74) is 5.31. The second-order valence-corrected chi connectivity index (χ2v) is 7.85. The fourth-order valence-electron chi connectivity index (χ4n) is 3.81. The molecule has 0 unspecified atom stereocenters. The summed E-state index contributed by atoms with van der Waals surface area (Å²) in [5.74, 6) is -0.610. The topological polar surface area (TPSA) is 80.1 Å². The predicted octanol–water partition coefficient (Wildman–Crippen LogP) is 6.17. The van der Waals surface area contributed by atoms with Crippen LogP contribution in [0.25, 0.3) is 33.1 Å². The summed E-state index contributed by atoms with van der Waals surface area (Å²) in [7, 11) is 2.01. The number of nitrogens with one attached hydrogen (secondary N) is 1. The van der Waals surface area contributed by atoms with Crippen LogP contribution in [0.3, 0.4) is 0 Å². The minimum absolute atomic E-state index is 0.190. The molecule has 0 fully saturated rings. The van der Waals surface area contributed by atoms with Crippen LogP contribution in [0.1, 0.15) is 15.9 Å². The third-order valence-electron chi connectivity index (χ3n) is 5.42. The van der Waals surface area contributed by atoms with Crippen molar-refractivity contribution in [3.05, 3.63) is 76.9 Å². The Labute approximate surface area is 182 Å². The zero-order chi connectivity index (χ0) is 21.7. The molecule has 2 N–H and O–H groups in total. The van der Waals surface area contributed by atoms with Crippen LogP contribution in [0.2, 0.25) is 5.02 Å². The Hall–Kier alpha value is -3.77. The van der Waals surface area contributed by atoms with Crippen molar-refractivity contribution in [3.63, 3.8) is 0 Å². The van der Waals surface area contributed by atoms with Crippen molar-refractivity contribution in [3.8, 4) is 22.9 Å². The van der Waals surface area contributed by atoms with Gasteiger partial charge < -0.3 is 19.4 Å². The molecule has 154 valence electrons. The molecule has 0 saturated heterocycles. The van der Waals surface area contributed by atoms with Gasteiger partial charge in [-0.05, 0) is 54.4 Å². The number of H-pyrrole nitrogens is 1. The zero-order valence-electron chi connectivity index (χ0n) is 16.8. The van der Waals surface area contributed by atoms with E-state index in [-0.39, 0.29) is 11.6 Å². The summed E-state index contributed by atoms with van der Waals surface area (Å²) in [6.07, 6.45) is 2.02. The number of aromatic carboxylic acids is 1. The number of aromatic amines is 1. The van der Waals surface area contributed by atoms with Crippen LogP contribution < -0.4 is 4.74 Å². The largest absolute Gasteiger partial charge is 0.478 e. The van der Waals surface area contributed by atoms with E-state index in [0.717, 1.165) is 27.5 Å². The Bertz CT molecular complexity index is 1480. The van der Waals surface area contributed by atoms with Crippen molar-refractivity contribution in [2.45, 2.75) is 6.92 Å². The second kappa shape index (κ2) is 7.18. The van der Waals surface area contributed by atoms with Gasteiger partial charge in [-0.1, -0.05) is 29.8 Å². The van der Waals surface area contributed by atoms with Crippen LogP contribution in [0.15, 0.2) is 60.8 Å². The molecule has 0 aliphatic heterocycles. The van der Waals surface area contributed by atoms with E-state index in [9.17, 15) is 9.90 Å². The van der Waals surface area contributed by atoms with Crippen molar-refractivity contribution >= 4 is 39.5 Å². The molecular weight excluding hydrogens is 414 g/mol. The summed E-state index contributed by atoms with van der Waals surface area (Å²) < 4.78 is 7.86. The number of aromatic nitrogens is 3. The molecule has 0 aliphatic carbocycles. The Morgan fingerprint density at radius 2 is 1.97 bits per heavy atom. The van der Waals surface area contributed by atoms with Gasteiger partial charge in [-0.15, -0.1) is 0 Å². The highest BCUT2D eigenvalue weighted by molar-refractivity contribution is 6.34. The van der Waals surface area contributed by atoms with E-state index in [1.807, 2.05) is 37.5 Å². The lowest BCUT2D eigenvalue weighted by molar-refractivity contribution is 0.0695. The third-order valence-corrected chi connectivity index (χ3v) is 5.73. The van der Waals surface area contributed by atoms with Gasteiger partial charge >= 0.3 is 5.97 Å². The van der Waals surface area contributed by atoms with Gasteiger partial charge in [-0.25, -0.2) is 4.79 Å². The van der Waals surface area contributed by atoms with Gasteiger partial charge in [0.25, 0.3) is 6.01 Å². The molecule has 0 spiro atoms. The number of carbonyl (C=O) groups is 1. The fraction of sp³-hybridized carbons (Fsp3) is 0.0833. The predicted molar refractivity (Wildman–Crippen MR) is 121 cm³/mol. The number of fused-ring (bicyclic) bond motifs is 2. The molecule has 0 atom stereocenters. The Balaban J connectivity index is 1.56. The number of halogens is 1. The molecule has 0 radical (unpaired) electrons. The smallest absolute Gasteiger partial charge is 0.336 e. The van der Waals surface area contributed by atoms with Crippen LogP contribution in [0.4, 0.5) is 0 Å². The number of hydrogen-bond acceptors (Lipinski definition) is 3. The van der Waals surface area contributed by atoms with Crippen LogP contribution in [0.5, 0.6) is 11.8 Å². The quantitative estimate of drug-likeness (QED) is 0.356. The fourth-order valence-corrected chi connectivity index (χ4v) is 4.07. The molecule has 0 saturated carbocycles. The maximum Gasteiger partial charge on any atom is 0.336 e. The Kier molecular flexibility index (Phi) is 4.45. The number of imidazole rings is 1. The lowest BCUT2D eigenvalue weighted by Crippen LogP contribution is -2.00. The number of nitrogens with zero attached hydrogens (tertiary/aromatic N) is 2. The molecule has 7 heteroatoms. The summed E-state index contributed by atoms with van der Waals surface area (Å²) in [4.78, 5) is 19.0. The van der Waals surface area contributed by atoms with Crippen LogP contribution >= 0.6 is 11.6 Å². The normalized spacial score (nSPS) is 11.3. The molecular formula is C24H18ClN3O3. The Morgan fingerprint density at radius 3 is 2.77 bits per heavy atom. The lowest BCUT2D eigenvalue weighted by atomic mass is 10.0. The number of rotatable bonds is 4. The standard InChI is InChI=1S/C24H18ClN3O3/c1-13-6-7-14(10-17(13)23(29)30)31-24-26-20-11-18(19(25)12-21(20)27-24)15-4-3-5-22-16(15)8-9-28(22)2/h3-12H,1-2H3,(H,26,27)(H,29,30). The average Bonchev–Trinajstić information content (AvgIpc) is 3.31. The first-order chi connectivity index (χ1) is 14.9. The molecule has 3 aromatic carbocycles. The molecule has 0 bridgehead atoms. The number of carboxylic acids is 1. The van der Waals surface area contributed by atoms with Gasteiger partial charge in [0, 0.05) is 29.7 Å². The van der Waals surface area contributed by atoms with Crippen LogP contribution in [0, 0.1) is 6.92 Å². The van der Waals surface area contributed by atoms with Crippen molar-refractivity contribution in [2.75, 3.05) is 0 Å². The van der Waals surface area contributed by atoms with E-state index in [4.69, 9.17) is 16.3 Å². The van der Waals surface area contributed by atoms with Gasteiger partial charge in [0.1, 0.15) is 5.75 Å². The van der Waals surface area contributed by atoms with Crippen molar-refractivity contribution in [2.24, 2.45) is 7.05 Å². The van der Waals surface area contributed by atoms with E-state index < -0.39 is 5.97 Å². The van der Waals surface area contributed by atoms with E-state index in [1.54, 1.807) is 19.1 Å². The van der Waals surface area contributed by atoms with E-state index in [2.05, 4.69) is 26.7 Å². The number of aryl methyl sites for hydroxylation is 2. The highest BCUT2D eigenvalue weighted by atomic mass is 35.5. The third kappa shape index (κ3) is 3.31. The molecule has 5 rings (SSSR count). The highest BCUT2D eigenvalue weighted by Gasteiger charge is 2.15. The summed E-state index contributed by atoms with van der Waals surface area (Å²) in [6, 6.07) is 17.1. The monoisotopic (exact) mass is 431 g/mol. The number of hydrogen-bond donors (Lipinski definition) is 2. The van der Waals surface area contributed by atoms with Crippen molar-refractivity contribution < 1.29 is 14.6 Å². The maximum atomic E-state index is 11.4. The average molecular weight is 432 g/mol. The molecule has 31 heavy (non-hydrogen) atoms. The molecule has 2 aromatic heterocycles. The summed E-state index contributed by atoms with van der Waals surface area (Å²) in [6.45, 7) is 1.74. The molecule has 0 amide bonds. The minimum Gasteiger partial charge on any atom is -0.478 e. The molecule has 0 aliphatic rings. The molecule has 5 aromatic rings. The van der Waals surface area contributed by atoms with E-state index in [0.29, 0.717) is 21.9 Å². The van der Waals surface area contributed by atoms with Gasteiger partial charge in [0.2, 0.25) is 0 Å². The summed E-state index contributed by atoms with van der Waals surface area (Å²) >= 11 is 6.63. The highest BCUT2D eigenvalue weighted by Crippen LogP contribution is 2.37. The maximum absolute atomic E-state index is 11.4. The zero-order valence-corrected chi connectivity index (χ0v) is 17.6. The molecule has 6 nitrogen and oxygen atoms in total. The van der Waals surface area contributed by atoms with Gasteiger partial charge in [-0.2, -0.15) is 4.98 Å². The van der Waals surface area contributed by atoms with Crippen molar-refractivity contribution in [1.29, 1.82) is 0 Å². The number of benzene rings is 3. The van der Waals surface area contributed by atoms with E-state index in [1.165, 1.54) is 6.07 Å². The summed E-state index contributed by atoms with van der Waals surface area (Å²) in [5, 5.41) is 11.0. The second-order valence-electron chi connectivity index (χ2n) is 7.44. The van der Waals surface area contributed by atoms with Gasteiger partial charge in [0.05, 0.1) is 21.6 Å². The molecule has 2 heterocycles. The van der Waals surface area contributed by atoms with Crippen LogP contribution in [-0.2, 0) is 7.05 Å². The van der Waals surface area contributed by atoms with Crippen molar-refractivity contribution in [1.82, 2.24) is 14.5 Å². The number of ether oxygens (including phenoxy) is 1.